The van der Waals surface area contributed by atoms with E-state index in [-0.39, 0.29) is 6.54 Å². The number of aliphatic hydroxyl groups is 1. The molecule has 1 heterocycles. The molecule has 3 N–H and O–H groups in total. The van der Waals surface area contributed by atoms with Crippen LogP contribution in [0.25, 0.3) is 0 Å². The molecule has 5 nitrogen and oxygen atoms in total. The van der Waals surface area contributed by atoms with Crippen molar-refractivity contribution in [3.05, 3.63) is 11.8 Å². The summed E-state index contributed by atoms with van der Waals surface area (Å²) in [6, 6.07) is 1.50. The van der Waals surface area contributed by atoms with Gasteiger partial charge in [-0.1, -0.05) is 0 Å². The van der Waals surface area contributed by atoms with Crippen LogP contribution >= 0.6 is 0 Å². The number of hydrogen-bond acceptors (Lipinski definition) is 5. The highest BCUT2D eigenvalue weighted by Gasteiger charge is 2.11. The minimum atomic E-state index is -0.800. The summed E-state index contributed by atoms with van der Waals surface area (Å²) in [5.74, 6) is 0.664. The molecule has 1 aromatic heterocycles. The second-order valence-electron chi connectivity index (χ2n) is 2.02. The lowest BCUT2D eigenvalue weighted by atomic mass is 10.3. The second kappa shape index (κ2) is 3.36. The molecule has 0 radical (unpaired) electrons. The smallest absolute Gasteiger partial charge is 0.254 e. The molecule has 1 atom stereocenters. The summed E-state index contributed by atoms with van der Waals surface area (Å²) in [5.41, 5.74) is 5.18. The standard InChI is InChI=1S/C6H10N2O3/c1-10-6-2-5(11-8-6)4(9)3-7/h2,4,9H,3,7H2,1H3. The lowest BCUT2D eigenvalue weighted by Crippen LogP contribution is -2.10. The summed E-state index contributed by atoms with van der Waals surface area (Å²) >= 11 is 0. The molecular formula is C6H10N2O3. The number of methoxy groups -OCH3 is 1. The van der Waals surface area contributed by atoms with Gasteiger partial charge in [0.05, 0.1) is 7.11 Å². The minimum Gasteiger partial charge on any atom is -0.479 e. The quantitative estimate of drug-likeness (QED) is 0.629. The number of ether oxygens (including phenoxy) is 1. The van der Waals surface area contributed by atoms with E-state index in [2.05, 4.69) is 5.16 Å². The largest absolute Gasteiger partial charge is 0.479 e. The van der Waals surface area contributed by atoms with E-state index in [1.807, 2.05) is 0 Å². The average Bonchev–Trinajstić information content (AvgIpc) is 2.50. The zero-order valence-electron chi connectivity index (χ0n) is 6.15. The summed E-state index contributed by atoms with van der Waals surface area (Å²) < 4.78 is 9.44. The van der Waals surface area contributed by atoms with Gasteiger partial charge >= 0.3 is 0 Å². The molecule has 0 fully saturated rings. The number of nitrogens with zero attached hydrogens (tertiary/aromatic N) is 1. The third-order valence-corrected chi connectivity index (χ3v) is 1.27. The Hall–Kier alpha value is -1.07. The van der Waals surface area contributed by atoms with Gasteiger partial charge in [-0.15, -0.1) is 0 Å². The van der Waals surface area contributed by atoms with Crippen LogP contribution < -0.4 is 10.5 Å². The van der Waals surface area contributed by atoms with Gasteiger partial charge in [0.1, 0.15) is 6.10 Å². The lowest BCUT2D eigenvalue weighted by Gasteiger charge is -1.98. The van der Waals surface area contributed by atoms with E-state index in [1.54, 1.807) is 0 Å². The van der Waals surface area contributed by atoms with Gasteiger partial charge in [0.15, 0.2) is 5.76 Å². The highest BCUT2D eigenvalue weighted by molar-refractivity contribution is 5.12. The Morgan fingerprint density at radius 3 is 3.09 bits per heavy atom. The molecule has 11 heavy (non-hydrogen) atoms. The fourth-order valence-electron chi connectivity index (χ4n) is 0.641. The van der Waals surface area contributed by atoms with Crippen LogP contribution in [-0.4, -0.2) is 23.9 Å². The van der Waals surface area contributed by atoms with Crippen molar-refractivity contribution in [2.45, 2.75) is 6.10 Å². The van der Waals surface area contributed by atoms with Gasteiger partial charge in [0, 0.05) is 12.6 Å². The zero-order chi connectivity index (χ0) is 8.27. The Labute approximate surface area is 63.7 Å². The van der Waals surface area contributed by atoms with Gasteiger partial charge in [0.2, 0.25) is 0 Å². The van der Waals surface area contributed by atoms with Gasteiger partial charge in [-0.25, -0.2) is 0 Å². The first-order valence-electron chi connectivity index (χ1n) is 3.16. The monoisotopic (exact) mass is 158 g/mol. The number of nitrogens with two attached hydrogens (primary N) is 1. The molecule has 0 aliphatic heterocycles. The molecule has 1 aromatic rings. The Balaban J connectivity index is 2.71. The van der Waals surface area contributed by atoms with Crippen LogP contribution in [0.3, 0.4) is 0 Å². The summed E-state index contributed by atoms with van der Waals surface area (Å²) in [7, 11) is 1.47. The molecule has 0 saturated heterocycles. The van der Waals surface area contributed by atoms with Crippen molar-refractivity contribution in [2.75, 3.05) is 13.7 Å². The zero-order valence-corrected chi connectivity index (χ0v) is 6.15. The fraction of sp³-hybridized carbons (Fsp3) is 0.500. The topological polar surface area (TPSA) is 81.5 Å². The minimum absolute atomic E-state index is 0.109. The van der Waals surface area contributed by atoms with Crippen molar-refractivity contribution in [3.8, 4) is 5.88 Å². The Morgan fingerprint density at radius 1 is 1.91 bits per heavy atom. The highest BCUT2D eigenvalue weighted by atomic mass is 16.5. The molecule has 0 saturated carbocycles. The van der Waals surface area contributed by atoms with Crippen molar-refractivity contribution in [1.29, 1.82) is 0 Å². The molecule has 5 heteroatoms. The highest BCUT2D eigenvalue weighted by Crippen LogP contribution is 2.16. The average molecular weight is 158 g/mol. The number of aliphatic hydroxyl groups excluding tert-OH is 1. The third-order valence-electron chi connectivity index (χ3n) is 1.27. The first-order valence-corrected chi connectivity index (χ1v) is 3.16. The molecule has 1 unspecified atom stereocenters. The van der Waals surface area contributed by atoms with Crippen LogP contribution in [-0.2, 0) is 0 Å². The number of aromatic nitrogens is 1. The van der Waals surface area contributed by atoms with E-state index in [4.69, 9.17) is 20.1 Å². The SMILES string of the molecule is COc1cc(C(O)CN)on1. The van der Waals surface area contributed by atoms with E-state index >= 15 is 0 Å². The third kappa shape index (κ3) is 1.69. The van der Waals surface area contributed by atoms with Crippen LogP contribution in [0, 0.1) is 0 Å². The van der Waals surface area contributed by atoms with E-state index in [0.29, 0.717) is 11.6 Å². The number of hydrogen-bond donors (Lipinski definition) is 2. The van der Waals surface area contributed by atoms with Crippen LogP contribution in [0.4, 0.5) is 0 Å². The van der Waals surface area contributed by atoms with Crippen molar-refractivity contribution >= 4 is 0 Å². The number of rotatable bonds is 3. The van der Waals surface area contributed by atoms with Crippen molar-refractivity contribution < 1.29 is 14.4 Å². The van der Waals surface area contributed by atoms with E-state index < -0.39 is 6.10 Å². The maximum atomic E-state index is 9.12. The van der Waals surface area contributed by atoms with Gasteiger partial charge in [0.25, 0.3) is 5.88 Å². The normalized spacial score (nSPS) is 13.0. The summed E-state index contributed by atoms with van der Waals surface area (Å²) in [6.45, 7) is 0.109. The van der Waals surface area contributed by atoms with Crippen molar-refractivity contribution in [3.63, 3.8) is 0 Å². The van der Waals surface area contributed by atoms with Gasteiger partial charge in [-0.3, -0.25) is 0 Å². The maximum Gasteiger partial charge on any atom is 0.254 e. The summed E-state index contributed by atoms with van der Waals surface area (Å²) in [4.78, 5) is 0. The second-order valence-corrected chi connectivity index (χ2v) is 2.02. The maximum absolute atomic E-state index is 9.12. The predicted molar refractivity (Wildman–Crippen MR) is 37.1 cm³/mol. The molecule has 1 rings (SSSR count). The molecule has 0 aliphatic rings. The van der Waals surface area contributed by atoms with Crippen LogP contribution in [0.15, 0.2) is 10.6 Å². The Morgan fingerprint density at radius 2 is 2.64 bits per heavy atom. The predicted octanol–water partition coefficient (Wildman–Crippen LogP) is -0.325. The molecule has 0 bridgehead atoms. The van der Waals surface area contributed by atoms with Crippen LogP contribution in [0.2, 0.25) is 0 Å². The molecule has 62 valence electrons. The lowest BCUT2D eigenvalue weighted by molar-refractivity contribution is 0.146. The van der Waals surface area contributed by atoms with E-state index in [0.717, 1.165) is 0 Å². The van der Waals surface area contributed by atoms with Gasteiger partial charge in [-0.05, 0) is 5.16 Å². The molecule has 0 amide bonds. The Bertz CT molecular complexity index is 223. The summed E-state index contributed by atoms with van der Waals surface area (Å²) in [6.07, 6.45) is -0.800. The first-order chi connectivity index (χ1) is 5.27. The molecular weight excluding hydrogens is 148 g/mol. The van der Waals surface area contributed by atoms with Gasteiger partial charge in [-0.2, -0.15) is 0 Å². The van der Waals surface area contributed by atoms with E-state index in [9.17, 15) is 0 Å². The molecule has 0 aliphatic carbocycles. The van der Waals surface area contributed by atoms with E-state index in [1.165, 1.54) is 13.2 Å². The molecule has 0 aromatic carbocycles. The summed E-state index contributed by atoms with van der Waals surface area (Å²) in [5, 5.41) is 12.6. The first kappa shape index (κ1) is 8.03. The molecule has 0 spiro atoms. The van der Waals surface area contributed by atoms with Crippen LogP contribution in [0.5, 0.6) is 5.88 Å². The van der Waals surface area contributed by atoms with Gasteiger partial charge < -0.3 is 20.1 Å². The van der Waals surface area contributed by atoms with Crippen molar-refractivity contribution in [2.24, 2.45) is 5.73 Å². The van der Waals surface area contributed by atoms with Crippen molar-refractivity contribution in [1.82, 2.24) is 5.16 Å². The Kier molecular flexibility index (Phi) is 2.45. The van der Waals surface area contributed by atoms with Crippen LogP contribution in [0.1, 0.15) is 11.9 Å². The fourth-order valence-corrected chi connectivity index (χ4v) is 0.641.